The van der Waals surface area contributed by atoms with E-state index in [1.165, 1.54) is 0 Å². The lowest BCUT2D eigenvalue weighted by Crippen LogP contribution is -2.33. The zero-order valence-corrected chi connectivity index (χ0v) is 11.8. The molecule has 1 fully saturated rings. The average molecular weight is 271 g/mol. The number of benzene rings is 1. The van der Waals surface area contributed by atoms with E-state index >= 15 is 0 Å². The first-order chi connectivity index (χ1) is 9.76. The SMILES string of the molecule is COc1ccc2c(N[C@H]3CC[C@@H](N)CC3)nccc2c1. The number of anilines is 1. The molecule has 0 aliphatic heterocycles. The van der Waals surface area contributed by atoms with Gasteiger partial charge in [0.05, 0.1) is 7.11 Å². The molecular formula is C16H21N3O. The van der Waals surface area contributed by atoms with Crippen molar-refractivity contribution in [2.24, 2.45) is 5.73 Å². The fourth-order valence-electron chi connectivity index (χ4n) is 2.85. The molecule has 0 saturated heterocycles. The van der Waals surface area contributed by atoms with Crippen LogP contribution in [0.25, 0.3) is 10.8 Å². The molecule has 1 heterocycles. The molecule has 0 atom stereocenters. The Morgan fingerprint density at radius 2 is 2.00 bits per heavy atom. The fraction of sp³-hybridized carbons (Fsp3) is 0.438. The van der Waals surface area contributed by atoms with Crippen LogP contribution in [0.1, 0.15) is 25.7 Å². The van der Waals surface area contributed by atoms with Crippen LogP contribution >= 0.6 is 0 Å². The van der Waals surface area contributed by atoms with Crippen molar-refractivity contribution < 1.29 is 4.74 Å². The number of pyridine rings is 1. The van der Waals surface area contributed by atoms with Gasteiger partial charge in [-0.15, -0.1) is 0 Å². The molecule has 1 aliphatic rings. The first-order valence-corrected chi connectivity index (χ1v) is 7.21. The molecule has 1 aliphatic carbocycles. The Morgan fingerprint density at radius 1 is 1.20 bits per heavy atom. The molecule has 3 N–H and O–H groups in total. The van der Waals surface area contributed by atoms with Gasteiger partial charge in [0.15, 0.2) is 0 Å². The van der Waals surface area contributed by atoms with Gasteiger partial charge in [0.1, 0.15) is 11.6 Å². The van der Waals surface area contributed by atoms with Gasteiger partial charge >= 0.3 is 0 Å². The molecule has 0 spiro atoms. The number of nitrogens with two attached hydrogens (primary N) is 1. The number of fused-ring (bicyclic) bond motifs is 1. The lowest BCUT2D eigenvalue weighted by Gasteiger charge is -2.27. The topological polar surface area (TPSA) is 60.2 Å². The molecule has 106 valence electrons. The van der Waals surface area contributed by atoms with E-state index in [0.717, 1.165) is 48.0 Å². The quantitative estimate of drug-likeness (QED) is 0.901. The number of aromatic nitrogens is 1. The summed E-state index contributed by atoms with van der Waals surface area (Å²) in [5.41, 5.74) is 5.96. The second-order valence-corrected chi connectivity index (χ2v) is 5.50. The number of methoxy groups -OCH3 is 1. The summed E-state index contributed by atoms with van der Waals surface area (Å²) < 4.78 is 5.27. The van der Waals surface area contributed by atoms with Gasteiger partial charge in [0.2, 0.25) is 0 Å². The van der Waals surface area contributed by atoms with Gasteiger partial charge in [0, 0.05) is 23.7 Å². The molecule has 3 rings (SSSR count). The molecule has 4 nitrogen and oxygen atoms in total. The number of nitrogens with one attached hydrogen (secondary N) is 1. The minimum Gasteiger partial charge on any atom is -0.497 e. The Balaban J connectivity index is 1.84. The minimum atomic E-state index is 0.373. The van der Waals surface area contributed by atoms with Crippen LogP contribution in [0.5, 0.6) is 5.75 Å². The van der Waals surface area contributed by atoms with Gasteiger partial charge in [0.25, 0.3) is 0 Å². The van der Waals surface area contributed by atoms with E-state index < -0.39 is 0 Å². The van der Waals surface area contributed by atoms with E-state index in [9.17, 15) is 0 Å². The summed E-state index contributed by atoms with van der Waals surface area (Å²) in [6.07, 6.45) is 6.27. The predicted octanol–water partition coefficient (Wildman–Crippen LogP) is 2.93. The van der Waals surface area contributed by atoms with Crippen molar-refractivity contribution in [3.8, 4) is 5.75 Å². The Bertz CT molecular complexity index is 591. The Kier molecular flexibility index (Phi) is 3.74. The highest BCUT2D eigenvalue weighted by atomic mass is 16.5. The highest BCUT2D eigenvalue weighted by Crippen LogP contribution is 2.27. The van der Waals surface area contributed by atoms with Crippen molar-refractivity contribution in [3.63, 3.8) is 0 Å². The Labute approximate surface area is 119 Å². The van der Waals surface area contributed by atoms with E-state index in [1.54, 1.807) is 7.11 Å². The molecule has 0 radical (unpaired) electrons. The van der Waals surface area contributed by atoms with E-state index in [1.807, 2.05) is 24.4 Å². The van der Waals surface area contributed by atoms with Crippen molar-refractivity contribution in [1.29, 1.82) is 0 Å². The molecule has 1 saturated carbocycles. The lowest BCUT2D eigenvalue weighted by molar-refractivity contribution is 0.410. The summed E-state index contributed by atoms with van der Waals surface area (Å²) in [5.74, 6) is 1.84. The first kappa shape index (κ1) is 13.2. The number of rotatable bonds is 3. The van der Waals surface area contributed by atoms with Crippen LogP contribution in [0.15, 0.2) is 30.5 Å². The molecule has 0 unspecified atom stereocenters. The van der Waals surface area contributed by atoms with Crippen molar-refractivity contribution >= 4 is 16.6 Å². The highest BCUT2D eigenvalue weighted by Gasteiger charge is 2.19. The maximum absolute atomic E-state index is 5.96. The van der Waals surface area contributed by atoms with E-state index in [4.69, 9.17) is 10.5 Å². The molecule has 1 aromatic heterocycles. The number of hydrogen-bond acceptors (Lipinski definition) is 4. The van der Waals surface area contributed by atoms with Crippen LogP contribution in [0.4, 0.5) is 5.82 Å². The zero-order valence-electron chi connectivity index (χ0n) is 11.8. The first-order valence-electron chi connectivity index (χ1n) is 7.21. The third-order valence-electron chi connectivity index (χ3n) is 4.08. The van der Waals surface area contributed by atoms with Gasteiger partial charge < -0.3 is 15.8 Å². The average Bonchev–Trinajstić information content (AvgIpc) is 2.49. The van der Waals surface area contributed by atoms with Crippen molar-refractivity contribution in [2.75, 3.05) is 12.4 Å². The predicted molar refractivity (Wildman–Crippen MR) is 82.1 cm³/mol. The number of nitrogens with zero attached hydrogens (tertiary/aromatic N) is 1. The summed E-state index contributed by atoms with van der Waals surface area (Å²) in [5, 5.41) is 5.86. The van der Waals surface area contributed by atoms with Gasteiger partial charge in [-0.25, -0.2) is 4.98 Å². The summed E-state index contributed by atoms with van der Waals surface area (Å²) in [4.78, 5) is 4.49. The second-order valence-electron chi connectivity index (χ2n) is 5.50. The van der Waals surface area contributed by atoms with Crippen LogP contribution in [0, 0.1) is 0 Å². The monoisotopic (exact) mass is 271 g/mol. The molecule has 20 heavy (non-hydrogen) atoms. The van der Waals surface area contributed by atoms with Crippen LogP contribution in [-0.2, 0) is 0 Å². The largest absolute Gasteiger partial charge is 0.497 e. The third-order valence-corrected chi connectivity index (χ3v) is 4.08. The molecule has 1 aromatic carbocycles. The van der Waals surface area contributed by atoms with Crippen molar-refractivity contribution in [3.05, 3.63) is 30.5 Å². The normalized spacial score (nSPS) is 22.7. The zero-order chi connectivity index (χ0) is 13.9. The number of ether oxygens (including phenoxy) is 1. The summed E-state index contributed by atoms with van der Waals surface area (Å²) in [6, 6.07) is 8.95. The van der Waals surface area contributed by atoms with Gasteiger partial charge in [-0.05, 0) is 55.3 Å². The van der Waals surface area contributed by atoms with Gasteiger partial charge in [-0.1, -0.05) is 0 Å². The molecular weight excluding hydrogens is 250 g/mol. The summed E-state index contributed by atoms with van der Waals surface area (Å²) in [7, 11) is 1.69. The van der Waals surface area contributed by atoms with Gasteiger partial charge in [-0.2, -0.15) is 0 Å². The van der Waals surface area contributed by atoms with Gasteiger partial charge in [-0.3, -0.25) is 0 Å². The van der Waals surface area contributed by atoms with E-state index in [0.29, 0.717) is 12.1 Å². The minimum absolute atomic E-state index is 0.373. The highest BCUT2D eigenvalue weighted by molar-refractivity contribution is 5.92. The van der Waals surface area contributed by atoms with Crippen LogP contribution in [0.2, 0.25) is 0 Å². The lowest BCUT2D eigenvalue weighted by atomic mass is 9.92. The Morgan fingerprint density at radius 3 is 2.75 bits per heavy atom. The fourth-order valence-corrected chi connectivity index (χ4v) is 2.85. The van der Waals surface area contributed by atoms with E-state index in [-0.39, 0.29) is 0 Å². The molecule has 0 bridgehead atoms. The smallest absolute Gasteiger partial charge is 0.134 e. The van der Waals surface area contributed by atoms with E-state index in [2.05, 4.69) is 16.4 Å². The van der Waals surface area contributed by atoms with Crippen LogP contribution in [-0.4, -0.2) is 24.2 Å². The van der Waals surface area contributed by atoms with Crippen molar-refractivity contribution in [2.45, 2.75) is 37.8 Å². The summed E-state index contributed by atoms with van der Waals surface area (Å²) in [6.45, 7) is 0. The third kappa shape index (κ3) is 2.70. The maximum Gasteiger partial charge on any atom is 0.134 e. The summed E-state index contributed by atoms with van der Waals surface area (Å²) >= 11 is 0. The standard InChI is InChI=1S/C16H21N3O/c1-20-14-6-7-15-11(10-14)8-9-18-16(15)19-13-4-2-12(17)3-5-13/h6-10,12-13H,2-5,17H2,1H3,(H,18,19)/t12-,13+. The number of hydrogen-bond donors (Lipinski definition) is 2. The second kappa shape index (κ2) is 5.67. The molecule has 4 heteroatoms. The Hall–Kier alpha value is -1.81. The van der Waals surface area contributed by atoms with Crippen LogP contribution < -0.4 is 15.8 Å². The maximum atomic E-state index is 5.96. The van der Waals surface area contributed by atoms with Crippen molar-refractivity contribution in [1.82, 2.24) is 4.98 Å². The molecule has 0 amide bonds. The molecule has 2 aromatic rings. The van der Waals surface area contributed by atoms with Crippen LogP contribution in [0.3, 0.4) is 0 Å².